The molecular weight excluding hydrogens is 344 g/mol. The van der Waals surface area contributed by atoms with Crippen molar-refractivity contribution in [3.63, 3.8) is 0 Å². The maximum absolute atomic E-state index is 12.1. The molecule has 0 saturated heterocycles. The fourth-order valence-electron chi connectivity index (χ4n) is 3.16. The van der Waals surface area contributed by atoms with E-state index >= 15 is 0 Å². The minimum Gasteiger partial charge on any atom is -0.353 e. The fourth-order valence-corrected chi connectivity index (χ4v) is 3.78. The highest BCUT2D eigenvalue weighted by Gasteiger charge is 2.15. The molecule has 0 aliphatic heterocycles. The van der Waals surface area contributed by atoms with E-state index in [1.54, 1.807) is 0 Å². The molecule has 1 saturated carbocycles. The fraction of sp³-hybridized carbons (Fsp3) is 0.450. The standard InChI is InChI=1S/C20H26N4OS/c1-15-8-6-7-9-16(15)12-13-18-22-20(24-23-18)26-14-19(25)21-17-10-4-2-3-5-11-17/h6-9,12-13,17H,2-5,10-11,14H2,1H3,(H,21,25)(H,22,23,24)/b13-12+. The second kappa shape index (κ2) is 9.57. The Morgan fingerprint density at radius 3 is 2.77 bits per heavy atom. The van der Waals surface area contributed by atoms with Crippen LogP contribution in [-0.2, 0) is 4.79 Å². The van der Waals surface area contributed by atoms with E-state index in [4.69, 9.17) is 0 Å². The summed E-state index contributed by atoms with van der Waals surface area (Å²) in [5.41, 5.74) is 2.37. The summed E-state index contributed by atoms with van der Waals surface area (Å²) in [6, 6.07) is 8.52. The third-order valence-electron chi connectivity index (χ3n) is 4.64. The summed E-state index contributed by atoms with van der Waals surface area (Å²) in [7, 11) is 0. The highest BCUT2D eigenvalue weighted by Crippen LogP contribution is 2.18. The first-order valence-corrected chi connectivity index (χ1v) is 10.3. The van der Waals surface area contributed by atoms with Crippen molar-refractivity contribution in [2.75, 3.05) is 5.75 Å². The number of H-pyrrole nitrogens is 1. The molecule has 1 fully saturated rings. The largest absolute Gasteiger partial charge is 0.353 e. The summed E-state index contributed by atoms with van der Waals surface area (Å²) in [5.74, 6) is 1.12. The number of amides is 1. The number of carbonyl (C=O) groups excluding carboxylic acids is 1. The Balaban J connectivity index is 1.47. The first-order valence-electron chi connectivity index (χ1n) is 9.29. The Morgan fingerprint density at radius 2 is 2.00 bits per heavy atom. The second-order valence-corrected chi connectivity index (χ2v) is 7.68. The van der Waals surface area contributed by atoms with Crippen molar-refractivity contribution in [3.05, 3.63) is 41.2 Å². The lowest BCUT2D eigenvalue weighted by atomic mass is 10.1. The molecule has 0 atom stereocenters. The molecule has 0 unspecified atom stereocenters. The molecule has 0 spiro atoms. The van der Waals surface area contributed by atoms with Crippen LogP contribution in [0, 0.1) is 6.92 Å². The maximum Gasteiger partial charge on any atom is 0.230 e. The third kappa shape index (κ3) is 5.73. The first-order chi connectivity index (χ1) is 12.7. The van der Waals surface area contributed by atoms with Crippen molar-refractivity contribution >= 4 is 29.8 Å². The maximum atomic E-state index is 12.1. The number of rotatable bonds is 6. The van der Waals surface area contributed by atoms with Crippen molar-refractivity contribution in [1.29, 1.82) is 0 Å². The van der Waals surface area contributed by atoms with Gasteiger partial charge in [0.15, 0.2) is 0 Å². The highest BCUT2D eigenvalue weighted by molar-refractivity contribution is 7.99. The number of aryl methyl sites for hydroxylation is 1. The Morgan fingerprint density at radius 1 is 1.23 bits per heavy atom. The van der Waals surface area contributed by atoms with Crippen LogP contribution >= 0.6 is 11.8 Å². The number of benzene rings is 1. The summed E-state index contributed by atoms with van der Waals surface area (Å²) in [5, 5.41) is 10.8. The molecular formula is C20H26N4OS. The molecule has 1 aromatic carbocycles. The quantitative estimate of drug-likeness (QED) is 0.590. The number of hydrogen-bond acceptors (Lipinski definition) is 4. The normalized spacial score (nSPS) is 15.9. The summed E-state index contributed by atoms with van der Waals surface area (Å²) in [6.07, 6.45) is 11.1. The molecule has 1 aromatic heterocycles. The number of hydrogen-bond donors (Lipinski definition) is 2. The molecule has 3 rings (SSSR count). The van der Waals surface area contributed by atoms with Crippen molar-refractivity contribution in [1.82, 2.24) is 20.5 Å². The molecule has 1 heterocycles. The third-order valence-corrected chi connectivity index (χ3v) is 5.49. The lowest BCUT2D eigenvalue weighted by Crippen LogP contribution is -2.35. The lowest BCUT2D eigenvalue weighted by Gasteiger charge is -2.15. The molecule has 5 nitrogen and oxygen atoms in total. The predicted octanol–water partition coefficient (Wildman–Crippen LogP) is 4.21. The van der Waals surface area contributed by atoms with E-state index in [1.807, 2.05) is 24.3 Å². The van der Waals surface area contributed by atoms with Crippen LogP contribution in [0.4, 0.5) is 0 Å². The van der Waals surface area contributed by atoms with Crippen LogP contribution in [0.15, 0.2) is 29.4 Å². The van der Waals surface area contributed by atoms with Gasteiger partial charge in [-0.25, -0.2) is 4.98 Å². The van der Waals surface area contributed by atoms with Crippen molar-refractivity contribution in [3.8, 4) is 0 Å². The number of carbonyl (C=O) groups is 1. The van der Waals surface area contributed by atoms with E-state index in [1.165, 1.54) is 43.0 Å². The van der Waals surface area contributed by atoms with Crippen molar-refractivity contribution < 1.29 is 4.79 Å². The molecule has 1 aliphatic carbocycles. The Bertz CT molecular complexity index is 748. The van der Waals surface area contributed by atoms with E-state index in [9.17, 15) is 4.79 Å². The van der Waals surface area contributed by atoms with Crippen molar-refractivity contribution in [2.24, 2.45) is 0 Å². The van der Waals surface area contributed by atoms with Gasteiger partial charge in [-0.2, -0.15) is 0 Å². The molecule has 6 heteroatoms. The van der Waals surface area contributed by atoms with E-state index in [-0.39, 0.29) is 5.91 Å². The zero-order chi connectivity index (χ0) is 18.2. The molecule has 2 aromatic rings. The monoisotopic (exact) mass is 370 g/mol. The van der Waals surface area contributed by atoms with Gasteiger partial charge < -0.3 is 5.32 Å². The van der Waals surface area contributed by atoms with Gasteiger partial charge in [0.1, 0.15) is 5.82 Å². The number of nitrogens with zero attached hydrogens (tertiary/aromatic N) is 2. The highest BCUT2D eigenvalue weighted by atomic mass is 32.2. The van der Waals surface area contributed by atoms with Gasteiger partial charge >= 0.3 is 0 Å². The van der Waals surface area contributed by atoms with Crippen LogP contribution in [-0.4, -0.2) is 32.9 Å². The molecule has 1 aliphatic rings. The summed E-state index contributed by atoms with van der Waals surface area (Å²) in [6.45, 7) is 2.08. The Kier molecular flexibility index (Phi) is 6.89. The van der Waals surface area contributed by atoms with Gasteiger partial charge in [0, 0.05) is 6.04 Å². The van der Waals surface area contributed by atoms with Crippen LogP contribution in [0.1, 0.15) is 55.5 Å². The summed E-state index contributed by atoms with van der Waals surface area (Å²) < 4.78 is 0. The van der Waals surface area contributed by atoms with Gasteiger partial charge in [-0.05, 0) is 37.0 Å². The number of thioether (sulfide) groups is 1. The molecule has 26 heavy (non-hydrogen) atoms. The van der Waals surface area contributed by atoms with E-state index in [0.29, 0.717) is 22.8 Å². The summed E-state index contributed by atoms with van der Waals surface area (Å²) in [4.78, 5) is 16.6. The average Bonchev–Trinajstić information content (AvgIpc) is 2.94. The summed E-state index contributed by atoms with van der Waals surface area (Å²) >= 11 is 1.37. The smallest absolute Gasteiger partial charge is 0.230 e. The molecule has 2 N–H and O–H groups in total. The zero-order valence-electron chi connectivity index (χ0n) is 15.2. The topological polar surface area (TPSA) is 70.7 Å². The van der Waals surface area contributed by atoms with Crippen LogP contribution in [0.25, 0.3) is 12.2 Å². The van der Waals surface area contributed by atoms with E-state index < -0.39 is 0 Å². The van der Waals surface area contributed by atoms with Gasteiger partial charge in [0.25, 0.3) is 0 Å². The van der Waals surface area contributed by atoms with Gasteiger partial charge in [-0.15, -0.1) is 5.10 Å². The van der Waals surface area contributed by atoms with E-state index in [2.05, 4.69) is 39.6 Å². The first kappa shape index (κ1) is 18.7. The van der Waals surface area contributed by atoms with E-state index in [0.717, 1.165) is 18.4 Å². The number of aromatic nitrogens is 3. The molecule has 0 bridgehead atoms. The lowest BCUT2D eigenvalue weighted by molar-refractivity contribution is -0.119. The molecule has 0 radical (unpaired) electrons. The average molecular weight is 371 g/mol. The molecule has 1 amide bonds. The SMILES string of the molecule is Cc1ccccc1/C=C/c1nc(SCC(=O)NC2CCCCCC2)n[nH]1. The minimum absolute atomic E-state index is 0.0729. The second-order valence-electron chi connectivity index (χ2n) is 6.74. The van der Waals surface area contributed by atoms with Gasteiger partial charge in [0.2, 0.25) is 11.1 Å². The van der Waals surface area contributed by atoms with Crippen LogP contribution < -0.4 is 5.32 Å². The van der Waals surface area contributed by atoms with Crippen LogP contribution in [0.5, 0.6) is 0 Å². The van der Waals surface area contributed by atoms with Crippen molar-refractivity contribution in [2.45, 2.75) is 56.6 Å². The van der Waals surface area contributed by atoms with Gasteiger partial charge in [0.05, 0.1) is 5.75 Å². The van der Waals surface area contributed by atoms with Crippen LogP contribution in [0.3, 0.4) is 0 Å². The van der Waals surface area contributed by atoms with Gasteiger partial charge in [-0.3, -0.25) is 9.89 Å². The number of aromatic amines is 1. The molecule has 138 valence electrons. The predicted molar refractivity (Wildman–Crippen MR) is 107 cm³/mol. The van der Waals surface area contributed by atoms with Gasteiger partial charge in [-0.1, -0.05) is 67.8 Å². The Hall–Kier alpha value is -2.08. The Labute approximate surface area is 159 Å². The number of nitrogens with one attached hydrogen (secondary N) is 2. The minimum atomic E-state index is 0.0729. The zero-order valence-corrected chi connectivity index (χ0v) is 16.0. The van der Waals surface area contributed by atoms with Crippen LogP contribution in [0.2, 0.25) is 0 Å².